The SMILES string of the molecule is CSc1ncc2cc(F)c(=O)n(CC(C)(C)C)c2n1. The van der Waals surface area contributed by atoms with E-state index in [4.69, 9.17) is 0 Å². The minimum absolute atomic E-state index is 0.144. The van der Waals surface area contributed by atoms with E-state index in [1.165, 1.54) is 22.4 Å². The Kier molecular flexibility index (Phi) is 3.62. The van der Waals surface area contributed by atoms with Crippen molar-refractivity contribution in [2.75, 3.05) is 6.26 Å². The van der Waals surface area contributed by atoms with Gasteiger partial charge in [0.15, 0.2) is 11.0 Å². The average Bonchev–Trinajstić information content (AvgIpc) is 2.33. The van der Waals surface area contributed by atoms with E-state index >= 15 is 0 Å². The van der Waals surface area contributed by atoms with E-state index in [1.54, 1.807) is 6.20 Å². The van der Waals surface area contributed by atoms with Gasteiger partial charge in [0, 0.05) is 18.1 Å². The first-order valence-electron chi connectivity index (χ1n) is 5.92. The van der Waals surface area contributed by atoms with E-state index in [0.29, 0.717) is 22.7 Å². The quantitative estimate of drug-likeness (QED) is 0.627. The smallest absolute Gasteiger partial charge is 0.288 e. The van der Waals surface area contributed by atoms with Crippen molar-refractivity contribution < 1.29 is 4.39 Å². The lowest BCUT2D eigenvalue weighted by atomic mass is 9.97. The lowest BCUT2D eigenvalue weighted by Gasteiger charge is -2.20. The third kappa shape index (κ3) is 2.94. The summed E-state index contributed by atoms with van der Waals surface area (Å²) in [5, 5.41) is 1.11. The highest BCUT2D eigenvalue weighted by molar-refractivity contribution is 7.98. The predicted molar refractivity (Wildman–Crippen MR) is 75.0 cm³/mol. The lowest BCUT2D eigenvalue weighted by Crippen LogP contribution is -2.29. The zero-order valence-electron chi connectivity index (χ0n) is 11.4. The Labute approximate surface area is 115 Å². The number of hydrogen-bond acceptors (Lipinski definition) is 4. The van der Waals surface area contributed by atoms with Crippen molar-refractivity contribution in [3.8, 4) is 0 Å². The highest BCUT2D eigenvalue weighted by atomic mass is 32.2. The Balaban J connectivity index is 2.76. The monoisotopic (exact) mass is 281 g/mol. The molecule has 0 N–H and O–H groups in total. The van der Waals surface area contributed by atoms with Crippen LogP contribution in [0.1, 0.15) is 20.8 Å². The highest BCUT2D eigenvalue weighted by Crippen LogP contribution is 2.20. The normalized spacial score (nSPS) is 12.1. The molecule has 0 aliphatic heterocycles. The van der Waals surface area contributed by atoms with Crippen molar-refractivity contribution in [1.29, 1.82) is 0 Å². The lowest BCUT2D eigenvalue weighted by molar-refractivity contribution is 0.339. The molecular formula is C13H16FN3OS. The fourth-order valence-electron chi connectivity index (χ4n) is 1.83. The van der Waals surface area contributed by atoms with Gasteiger partial charge in [-0.25, -0.2) is 14.4 Å². The zero-order chi connectivity index (χ0) is 14.2. The maximum Gasteiger partial charge on any atom is 0.288 e. The second-order valence-electron chi connectivity index (χ2n) is 5.58. The Morgan fingerprint density at radius 3 is 2.68 bits per heavy atom. The molecule has 2 aromatic rings. The molecule has 19 heavy (non-hydrogen) atoms. The number of pyridine rings is 1. The van der Waals surface area contributed by atoms with Crippen molar-refractivity contribution in [3.63, 3.8) is 0 Å². The number of thioether (sulfide) groups is 1. The second kappa shape index (κ2) is 4.92. The number of nitrogens with zero attached hydrogens (tertiary/aromatic N) is 3. The van der Waals surface area contributed by atoms with Gasteiger partial charge in [-0.1, -0.05) is 32.5 Å². The molecule has 0 aromatic carbocycles. The molecule has 0 fully saturated rings. The molecule has 0 aliphatic rings. The van der Waals surface area contributed by atoms with Crippen molar-refractivity contribution in [2.24, 2.45) is 5.41 Å². The molecule has 0 bridgehead atoms. The molecule has 0 amide bonds. The van der Waals surface area contributed by atoms with Gasteiger partial charge in [-0.15, -0.1) is 0 Å². The Bertz CT molecular complexity index is 676. The van der Waals surface area contributed by atoms with E-state index in [1.807, 2.05) is 27.0 Å². The van der Waals surface area contributed by atoms with Crippen LogP contribution in [0, 0.1) is 11.2 Å². The summed E-state index contributed by atoms with van der Waals surface area (Å²) in [5.74, 6) is -0.766. The Morgan fingerprint density at radius 1 is 1.42 bits per heavy atom. The number of hydrogen-bond donors (Lipinski definition) is 0. The van der Waals surface area contributed by atoms with Gasteiger partial charge in [0.1, 0.15) is 5.65 Å². The largest absolute Gasteiger partial charge is 0.290 e. The fourth-order valence-corrected chi connectivity index (χ4v) is 2.16. The Hall–Kier alpha value is -1.43. The zero-order valence-corrected chi connectivity index (χ0v) is 12.2. The van der Waals surface area contributed by atoms with Crippen LogP contribution in [0.25, 0.3) is 11.0 Å². The molecule has 2 rings (SSSR count). The molecule has 0 saturated heterocycles. The average molecular weight is 281 g/mol. The van der Waals surface area contributed by atoms with Gasteiger partial charge in [0.2, 0.25) is 0 Å². The van der Waals surface area contributed by atoms with E-state index in [0.717, 1.165) is 0 Å². The highest BCUT2D eigenvalue weighted by Gasteiger charge is 2.17. The molecule has 0 atom stereocenters. The van der Waals surface area contributed by atoms with Crippen LogP contribution in [0.4, 0.5) is 4.39 Å². The molecule has 0 unspecified atom stereocenters. The standard InChI is InChI=1S/C13H16FN3OS/c1-13(2,3)7-17-10-8(5-9(14)11(17)18)6-15-12(16-10)19-4/h5-6H,7H2,1-4H3. The van der Waals surface area contributed by atoms with Crippen LogP contribution in [-0.2, 0) is 6.54 Å². The maximum absolute atomic E-state index is 13.7. The van der Waals surface area contributed by atoms with Crippen LogP contribution in [0.15, 0.2) is 22.2 Å². The van der Waals surface area contributed by atoms with E-state index in [2.05, 4.69) is 9.97 Å². The number of rotatable bonds is 2. The Morgan fingerprint density at radius 2 is 2.11 bits per heavy atom. The third-order valence-corrected chi connectivity index (χ3v) is 3.14. The number of halogens is 1. The minimum Gasteiger partial charge on any atom is -0.290 e. The van der Waals surface area contributed by atoms with Crippen LogP contribution >= 0.6 is 11.8 Å². The molecule has 2 aromatic heterocycles. The maximum atomic E-state index is 13.7. The summed E-state index contributed by atoms with van der Waals surface area (Å²) in [5.41, 5.74) is -0.288. The summed E-state index contributed by atoms with van der Waals surface area (Å²) in [6.07, 6.45) is 3.41. The van der Waals surface area contributed by atoms with Gasteiger partial charge in [-0.05, 0) is 17.7 Å². The van der Waals surface area contributed by atoms with E-state index < -0.39 is 11.4 Å². The van der Waals surface area contributed by atoms with Gasteiger partial charge in [0.05, 0.1) is 0 Å². The molecule has 2 heterocycles. The third-order valence-electron chi connectivity index (χ3n) is 2.58. The van der Waals surface area contributed by atoms with Gasteiger partial charge < -0.3 is 0 Å². The molecule has 6 heteroatoms. The first-order valence-corrected chi connectivity index (χ1v) is 7.14. The molecule has 102 valence electrons. The minimum atomic E-state index is -0.766. The van der Waals surface area contributed by atoms with Crippen molar-refractivity contribution >= 4 is 22.8 Å². The van der Waals surface area contributed by atoms with Gasteiger partial charge in [-0.3, -0.25) is 9.36 Å². The summed E-state index contributed by atoms with van der Waals surface area (Å²) >= 11 is 1.39. The topological polar surface area (TPSA) is 47.8 Å². The number of aromatic nitrogens is 3. The first kappa shape index (κ1) is 14.0. The van der Waals surface area contributed by atoms with Crippen LogP contribution in [0.2, 0.25) is 0 Å². The number of fused-ring (bicyclic) bond motifs is 1. The molecule has 4 nitrogen and oxygen atoms in total. The van der Waals surface area contributed by atoms with Crippen molar-refractivity contribution in [2.45, 2.75) is 32.5 Å². The fraction of sp³-hybridized carbons (Fsp3) is 0.462. The van der Waals surface area contributed by atoms with Gasteiger partial charge in [-0.2, -0.15) is 0 Å². The van der Waals surface area contributed by atoms with Gasteiger partial charge in [0.25, 0.3) is 5.56 Å². The van der Waals surface area contributed by atoms with E-state index in [9.17, 15) is 9.18 Å². The summed E-state index contributed by atoms with van der Waals surface area (Å²) in [7, 11) is 0. The summed E-state index contributed by atoms with van der Waals surface area (Å²) < 4.78 is 15.1. The van der Waals surface area contributed by atoms with Crippen molar-refractivity contribution in [1.82, 2.24) is 14.5 Å². The summed E-state index contributed by atoms with van der Waals surface area (Å²) in [4.78, 5) is 20.4. The second-order valence-corrected chi connectivity index (χ2v) is 6.35. The van der Waals surface area contributed by atoms with Crippen molar-refractivity contribution in [3.05, 3.63) is 28.4 Å². The first-order chi connectivity index (χ1) is 8.81. The molecule has 0 aliphatic carbocycles. The molecular weight excluding hydrogens is 265 g/mol. The van der Waals surface area contributed by atoms with Crippen LogP contribution in [0.3, 0.4) is 0 Å². The molecule has 0 spiro atoms. The molecule has 0 radical (unpaired) electrons. The van der Waals surface area contributed by atoms with Crippen LogP contribution in [-0.4, -0.2) is 20.8 Å². The summed E-state index contributed by atoms with van der Waals surface area (Å²) in [6, 6.07) is 1.20. The van der Waals surface area contributed by atoms with E-state index in [-0.39, 0.29) is 5.41 Å². The van der Waals surface area contributed by atoms with Gasteiger partial charge >= 0.3 is 0 Å². The predicted octanol–water partition coefficient (Wildman–Crippen LogP) is 2.70. The van der Waals surface area contributed by atoms with Crippen LogP contribution < -0.4 is 5.56 Å². The summed E-state index contributed by atoms with van der Waals surface area (Å²) in [6.45, 7) is 6.39. The van der Waals surface area contributed by atoms with Crippen LogP contribution in [0.5, 0.6) is 0 Å². The molecule has 0 saturated carbocycles.